The van der Waals surface area contributed by atoms with Crippen molar-refractivity contribution < 1.29 is 14.6 Å². The van der Waals surface area contributed by atoms with Gasteiger partial charge in [-0.05, 0) is 37.6 Å². The number of amides is 1. The van der Waals surface area contributed by atoms with Crippen LogP contribution in [0.1, 0.15) is 27.3 Å². The van der Waals surface area contributed by atoms with Crippen LogP contribution < -0.4 is 0 Å². The van der Waals surface area contributed by atoms with Crippen molar-refractivity contribution in [3.05, 3.63) is 52.8 Å². The maximum atomic E-state index is 12.7. The van der Waals surface area contributed by atoms with Crippen molar-refractivity contribution in [2.45, 2.75) is 26.5 Å². The zero-order valence-corrected chi connectivity index (χ0v) is 14.1. The number of ether oxygens (including phenoxy) is 1. The van der Waals surface area contributed by atoms with Gasteiger partial charge in [-0.2, -0.15) is 5.10 Å². The van der Waals surface area contributed by atoms with Crippen molar-refractivity contribution in [2.75, 3.05) is 26.3 Å². The minimum atomic E-state index is -0.630. The second kappa shape index (κ2) is 7.15. The molecule has 6 heteroatoms. The van der Waals surface area contributed by atoms with Crippen molar-refractivity contribution >= 4 is 5.91 Å². The summed E-state index contributed by atoms with van der Waals surface area (Å²) < 4.78 is 7.22. The third-order valence-electron chi connectivity index (χ3n) is 4.14. The van der Waals surface area contributed by atoms with Crippen LogP contribution in [0.3, 0.4) is 0 Å². The van der Waals surface area contributed by atoms with Gasteiger partial charge in [-0.25, -0.2) is 0 Å². The van der Waals surface area contributed by atoms with Crippen LogP contribution in [0, 0.1) is 13.8 Å². The summed E-state index contributed by atoms with van der Waals surface area (Å²) in [6.07, 6.45) is -0.630. The molecule has 2 aromatic rings. The lowest BCUT2D eigenvalue weighted by molar-refractivity contribution is 0.0534. The van der Waals surface area contributed by atoms with E-state index in [1.165, 1.54) is 0 Å². The number of aromatic nitrogens is 2. The predicted molar refractivity (Wildman–Crippen MR) is 90.0 cm³/mol. The van der Waals surface area contributed by atoms with Crippen molar-refractivity contribution in [2.24, 2.45) is 0 Å². The number of aliphatic hydroxyl groups excluding tert-OH is 1. The molecule has 128 valence electrons. The summed E-state index contributed by atoms with van der Waals surface area (Å²) in [4.78, 5) is 14.4. The fourth-order valence-electron chi connectivity index (χ4n) is 2.97. The molecule has 1 aromatic heterocycles. The van der Waals surface area contributed by atoms with Gasteiger partial charge in [0.1, 0.15) is 0 Å². The number of hydrogen-bond acceptors (Lipinski definition) is 4. The lowest BCUT2D eigenvalue weighted by atomic mass is 10.1. The van der Waals surface area contributed by atoms with Crippen molar-refractivity contribution in [1.82, 2.24) is 14.7 Å². The lowest BCUT2D eigenvalue weighted by Crippen LogP contribution is -2.37. The number of benzene rings is 1. The van der Waals surface area contributed by atoms with Crippen LogP contribution in [0.4, 0.5) is 0 Å². The molecule has 2 heterocycles. The molecule has 1 aliphatic heterocycles. The number of β-amino-alcohol motifs (C(OH)–C–C–N with tert-alkyl or cyclic N) is 1. The Hall–Kier alpha value is -2.18. The van der Waals surface area contributed by atoms with Crippen LogP contribution in [-0.4, -0.2) is 58.1 Å². The summed E-state index contributed by atoms with van der Waals surface area (Å²) in [5, 5.41) is 14.3. The molecule has 1 N–H and O–H groups in total. The Morgan fingerprint density at radius 2 is 2.21 bits per heavy atom. The van der Waals surface area contributed by atoms with Gasteiger partial charge in [-0.1, -0.05) is 12.1 Å². The highest BCUT2D eigenvalue weighted by atomic mass is 16.5. The van der Waals surface area contributed by atoms with Crippen molar-refractivity contribution in [3.63, 3.8) is 0 Å². The van der Waals surface area contributed by atoms with Gasteiger partial charge in [0.15, 0.2) is 0 Å². The molecule has 0 aliphatic carbocycles. The molecule has 0 bridgehead atoms. The van der Waals surface area contributed by atoms with Crippen LogP contribution in [0.2, 0.25) is 0 Å². The number of carbonyl (C=O) groups is 1. The second-order valence-corrected chi connectivity index (χ2v) is 6.27. The zero-order chi connectivity index (χ0) is 17.1. The molecule has 1 aliphatic rings. The van der Waals surface area contributed by atoms with E-state index >= 15 is 0 Å². The summed E-state index contributed by atoms with van der Waals surface area (Å²) in [5.41, 5.74) is 3.73. The third kappa shape index (κ3) is 3.83. The lowest BCUT2D eigenvalue weighted by Gasteiger charge is -2.21. The molecule has 0 spiro atoms. The average Bonchev–Trinajstić information content (AvgIpc) is 2.74. The largest absolute Gasteiger partial charge is 0.389 e. The minimum absolute atomic E-state index is 0.0743. The Morgan fingerprint density at radius 3 is 2.96 bits per heavy atom. The SMILES string of the molecule is Cc1cc(C)n(Cc2cccc(C(=O)N3CCOC[C@H](O)C3)c2)n1. The Balaban J connectivity index is 1.77. The van der Waals surface area contributed by atoms with Gasteiger partial charge in [-0.3, -0.25) is 9.48 Å². The van der Waals surface area contributed by atoms with Gasteiger partial charge in [0.2, 0.25) is 0 Å². The molecular formula is C18H23N3O3. The number of aryl methyl sites for hydroxylation is 2. The monoisotopic (exact) mass is 329 g/mol. The standard InChI is InChI=1S/C18H23N3O3/c1-13-8-14(2)21(19-13)10-15-4-3-5-16(9-15)18(23)20-6-7-24-12-17(22)11-20/h3-5,8-9,17,22H,6-7,10-12H2,1-2H3/t17-/m1/s1. The second-order valence-electron chi connectivity index (χ2n) is 6.27. The molecule has 0 radical (unpaired) electrons. The van der Waals surface area contributed by atoms with Gasteiger partial charge < -0.3 is 14.7 Å². The fraction of sp³-hybridized carbons (Fsp3) is 0.444. The molecule has 6 nitrogen and oxygen atoms in total. The zero-order valence-electron chi connectivity index (χ0n) is 14.1. The Kier molecular flexibility index (Phi) is 4.97. The third-order valence-corrected chi connectivity index (χ3v) is 4.14. The topological polar surface area (TPSA) is 67.6 Å². The summed E-state index contributed by atoms with van der Waals surface area (Å²) in [6, 6.07) is 9.63. The van der Waals surface area contributed by atoms with E-state index in [0.717, 1.165) is 17.0 Å². The smallest absolute Gasteiger partial charge is 0.254 e. The van der Waals surface area contributed by atoms with Gasteiger partial charge in [0, 0.05) is 24.3 Å². The number of carbonyl (C=O) groups excluding carboxylic acids is 1. The molecule has 0 saturated carbocycles. The van der Waals surface area contributed by atoms with E-state index < -0.39 is 6.10 Å². The first-order valence-electron chi connectivity index (χ1n) is 8.18. The summed E-state index contributed by atoms with van der Waals surface area (Å²) >= 11 is 0. The molecule has 1 atom stereocenters. The Labute approximate surface area is 141 Å². The number of aliphatic hydroxyl groups is 1. The first-order valence-corrected chi connectivity index (χ1v) is 8.18. The van der Waals surface area contributed by atoms with E-state index in [1.807, 2.05) is 48.9 Å². The van der Waals surface area contributed by atoms with E-state index in [2.05, 4.69) is 5.10 Å². The van der Waals surface area contributed by atoms with E-state index in [1.54, 1.807) is 4.90 Å². The molecule has 0 unspecified atom stereocenters. The van der Waals surface area contributed by atoms with Gasteiger partial charge in [-0.15, -0.1) is 0 Å². The summed E-state index contributed by atoms with van der Waals surface area (Å²) in [6.45, 7) is 6.16. The molecule has 1 fully saturated rings. The van der Waals surface area contributed by atoms with Gasteiger partial charge in [0.25, 0.3) is 5.91 Å². The Morgan fingerprint density at radius 1 is 1.38 bits per heavy atom. The summed E-state index contributed by atoms with van der Waals surface area (Å²) in [7, 11) is 0. The van der Waals surface area contributed by atoms with Crippen LogP contribution in [-0.2, 0) is 11.3 Å². The number of hydrogen-bond donors (Lipinski definition) is 1. The number of nitrogens with zero attached hydrogens (tertiary/aromatic N) is 3. The quantitative estimate of drug-likeness (QED) is 0.924. The normalized spacial score (nSPS) is 18.5. The molecule has 1 saturated heterocycles. The highest BCUT2D eigenvalue weighted by molar-refractivity contribution is 5.94. The van der Waals surface area contributed by atoms with Crippen LogP contribution in [0.5, 0.6) is 0 Å². The first-order chi connectivity index (χ1) is 11.5. The predicted octanol–water partition coefficient (Wildman–Crippen LogP) is 1.38. The molecular weight excluding hydrogens is 306 g/mol. The van der Waals surface area contributed by atoms with Crippen LogP contribution in [0.25, 0.3) is 0 Å². The molecule has 1 aromatic carbocycles. The maximum Gasteiger partial charge on any atom is 0.254 e. The Bertz CT molecular complexity index is 726. The summed E-state index contributed by atoms with van der Waals surface area (Å²) in [5.74, 6) is -0.0743. The van der Waals surface area contributed by atoms with E-state index in [4.69, 9.17) is 4.74 Å². The fourth-order valence-corrected chi connectivity index (χ4v) is 2.97. The molecule has 24 heavy (non-hydrogen) atoms. The maximum absolute atomic E-state index is 12.7. The number of rotatable bonds is 3. The van der Waals surface area contributed by atoms with Crippen LogP contribution in [0.15, 0.2) is 30.3 Å². The van der Waals surface area contributed by atoms with E-state index in [9.17, 15) is 9.90 Å². The van der Waals surface area contributed by atoms with Crippen molar-refractivity contribution in [1.29, 1.82) is 0 Å². The highest BCUT2D eigenvalue weighted by Gasteiger charge is 2.22. The van der Waals surface area contributed by atoms with Crippen LogP contribution >= 0.6 is 0 Å². The molecule has 1 amide bonds. The van der Waals surface area contributed by atoms with Gasteiger partial charge >= 0.3 is 0 Å². The van der Waals surface area contributed by atoms with Gasteiger partial charge in [0.05, 0.1) is 31.6 Å². The molecule has 3 rings (SSSR count). The first kappa shape index (κ1) is 16.7. The van der Waals surface area contributed by atoms with E-state index in [0.29, 0.717) is 31.8 Å². The average molecular weight is 329 g/mol. The van der Waals surface area contributed by atoms with Crippen molar-refractivity contribution in [3.8, 4) is 0 Å². The highest BCUT2D eigenvalue weighted by Crippen LogP contribution is 2.13. The van der Waals surface area contributed by atoms with E-state index in [-0.39, 0.29) is 12.5 Å². The minimum Gasteiger partial charge on any atom is -0.389 e.